The fourth-order valence-corrected chi connectivity index (χ4v) is 3.90. The molecule has 0 aliphatic carbocycles. The molecule has 0 fully saturated rings. The van der Waals surface area contributed by atoms with Crippen molar-refractivity contribution < 1.29 is 17.6 Å². The summed E-state index contributed by atoms with van der Waals surface area (Å²) >= 11 is 1.10. The summed E-state index contributed by atoms with van der Waals surface area (Å²) in [6.07, 6.45) is 0. The normalized spacial score (nSPS) is 11.7. The van der Waals surface area contributed by atoms with Gasteiger partial charge in [0, 0.05) is 6.92 Å². The third kappa shape index (κ3) is 2.96. The molecule has 0 amide bonds. The third-order valence-electron chi connectivity index (χ3n) is 2.48. The molecule has 2 heterocycles. The van der Waals surface area contributed by atoms with Gasteiger partial charge in [0.1, 0.15) is 11.5 Å². The van der Waals surface area contributed by atoms with Crippen LogP contribution in [0.15, 0.2) is 20.1 Å². The molecule has 0 aromatic carbocycles. The second kappa shape index (κ2) is 5.32. The molecule has 6 nitrogen and oxygen atoms in total. The first-order valence-corrected chi connectivity index (χ1v) is 7.84. The first-order chi connectivity index (χ1) is 8.94. The summed E-state index contributed by atoms with van der Waals surface area (Å²) in [6, 6.07) is 1.61. The average Bonchev–Trinajstić information content (AvgIpc) is 2.93. The van der Waals surface area contributed by atoms with E-state index in [-0.39, 0.29) is 10.8 Å². The lowest BCUT2D eigenvalue weighted by molar-refractivity contribution is 0.406. The van der Waals surface area contributed by atoms with Crippen LogP contribution in [0, 0.1) is 13.8 Å². The summed E-state index contributed by atoms with van der Waals surface area (Å²) in [4.78, 5) is 4.08. The monoisotopic (exact) mass is 302 g/mol. The van der Waals surface area contributed by atoms with Crippen molar-refractivity contribution in [3.63, 3.8) is 0 Å². The number of aryl methyl sites for hydroxylation is 2. The van der Waals surface area contributed by atoms with Crippen molar-refractivity contribution in [2.24, 2.45) is 0 Å². The van der Waals surface area contributed by atoms with Crippen LogP contribution in [0.5, 0.6) is 5.75 Å². The molecule has 0 saturated heterocycles. The molecule has 0 radical (unpaired) electrons. The Hall–Kier alpha value is -1.38. The smallest absolute Gasteiger partial charge is 0.254 e. The summed E-state index contributed by atoms with van der Waals surface area (Å²) < 4.78 is 37.2. The molecule has 19 heavy (non-hydrogen) atoms. The fourth-order valence-electron chi connectivity index (χ4n) is 1.59. The second-order valence-corrected chi connectivity index (χ2v) is 6.72. The molecule has 0 atom stereocenters. The van der Waals surface area contributed by atoms with Gasteiger partial charge in [0.25, 0.3) is 10.0 Å². The number of nitrogens with zero attached hydrogens (tertiary/aromatic N) is 1. The predicted molar refractivity (Wildman–Crippen MR) is 70.9 cm³/mol. The number of hydrogen-bond acceptors (Lipinski definition) is 6. The van der Waals surface area contributed by atoms with Gasteiger partial charge < -0.3 is 9.15 Å². The van der Waals surface area contributed by atoms with Crippen molar-refractivity contribution in [1.82, 2.24) is 9.71 Å². The van der Waals surface area contributed by atoms with E-state index in [4.69, 9.17) is 9.15 Å². The second-order valence-electron chi connectivity index (χ2n) is 3.84. The number of ether oxygens (including phenoxy) is 1. The van der Waals surface area contributed by atoms with Crippen molar-refractivity contribution in [1.29, 1.82) is 0 Å². The first kappa shape index (κ1) is 14.0. The Balaban J connectivity index is 2.17. The van der Waals surface area contributed by atoms with Crippen molar-refractivity contribution >= 4 is 21.4 Å². The topological polar surface area (TPSA) is 81.4 Å². The van der Waals surface area contributed by atoms with Crippen LogP contribution in [0.1, 0.15) is 17.3 Å². The summed E-state index contributed by atoms with van der Waals surface area (Å²) in [7, 11) is -2.17. The molecule has 8 heteroatoms. The Morgan fingerprint density at radius 2 is 2.21 bits per heavy atom. The molecule has 0 aliphatic heterocycles. The van der Waals surface area contributed by atoms with Gasteiger partial charge in [-0.15, -0.1) is 11.3 Å². The van der Waals surface area contributed by atoms with Gasteiger partial charge in [-0.2, -0.15) is 0 Å². The lowest BCUT2D eigenvalue weighted by atomic mass is 10.4. The highest BCUT2D eigenvalue weighted by atomic mass is 32.2. The largest absolute Gasteiger partial charge is 0.494 e. The molecule has 0 bridgehead atoms. The Labute approximate surface area is 115 Å². The maximum Gasteiger partial charge on any atom is 0.254 e. The van der Waals surface area contributed by atoms with E-state index >= 15 is 0 Å². The molecule has 2 aromatic rings. The minimum Gasteiger partial charge on any atom is -0.494 e. The highest BCUT2D eigenvalue weighted by Gasteiger charge is 2.21. The number of thiophene rings is 1. The molecule has 0 aliphatic rings. The van der Waals surface area contributed by atoms with E-state index in [0.717, 1.165) is 11.3 Å². The van der Waals surface area contributed by atoms with Gasteiger partial charge >= 0.3 is 0 Å². The zero-order valence-corrected chi connectivity index (χ0v) is 12.4. The Kier molecular flexibility index (Phi) is 3.93. The van der Waals surface area contributed by atoms with Gasteiger partial charge in [-0.05, 0) is 18.4 Å². The van der Waals surface area contributed by atoms with Gasteiger partial charge in [-0.3, -0.25) is 0 Å². The molecule has 0 saturated carbocycles. The van der Waals surface area contributed by atoms with E-state index in [1.165, 1.54) is 7.11 Å². The quantitative estimate of drug-likeness (QED) is 0.911. The Morgan fingerprint density at radius 3 is 2.79 bits per heavy atom. The van der Waals surface area contributed by atoms with E-state index in [0.29, 0.717) is 23.1 Å². The van der Waals surface area contributed by atoms with E-state index < -0.39 is 10.0 Å². The average molecular weight is 302 g/mol. The van der Waals surface area contributed by atoms with Crippen molar-refractivity contribution in [3.8, 4) is 5.75 Å². The zero-order valence-electron chi connectivity index (χ0n) is 10.8. The molecule has 2 aromatic heterocycles. The highest BCUT2D eigenvalue weighted by Crippen LogP contribution is 2.29. The zero-order chi connectivity index (χ0) is 14.0. The van der Waals surface area contributed by atoms with Gasteiger partial charge in [0.15, 0.2) is 10.1 Å². The lowest BCUT2D eigenvalue weighted by Gasteiger charge is -2.05. The summed E-state index contributed by atoms with van der Waals surface area (Å²) in [6.45, 7) is 3.55. The molecular weight excluding hydrogens is 288 g/mol. The summed E-state index contributed by atoms with van der Waals surface area (Å²) in [5, 5.41) is 1.66. The van der Waals surface area contributed by atoms with Crippen LogP contribution in [-0.2, 0) is 16.6 Å². The van der Waals surface area contributed by atoms with Crippen LogP contribution in [-0.4, -0.2) is 20.5 Å². The number of aromatic nitrogens is 1. The minimum absolute atomic E-state index is 0.0655. The fraction of sp³-hybridized carbons (Fsp3) is 0.364. The number of sulfonamides is 1. The van der Waals surface area contributed by atoms with Crippen molar-refractivity contribution in [3.05, 3.63) is 28.8 Å². The van der Waals surface area contributed by atoms with Crippen LogP contribution in [0.25, 0.3) is 0 Å². The van der Waals surface area contributed by atoms with Crippen molar-refractivity contribution in [2.45, 2.75) is 24.6 Å². The van der Waals surface area contributed by atoms with Crippen LogP contribution < -0.4 is 9.46 Å². The molecule has 104 valence electrons. The van der Waals surface area contributed by atoms with Gasteiger partial charge in [0.2, 0.25) is 0 Å². The molecule has 2 rings (SSSR count). The molecule has 0 spiro atoms. The standard InChI is InChI=1S/C11H14N2O4S2/c1-7-10(17-8(2)13-7)6-12-19(14,15)11-9(16-3)4-5-18-11/h4-5,12H,6H2,1-3H3. The highest BCUT2D eigenvalue weighted by molar-refractivity contribution is 7.91. The third-order valence-corrected chi connectivity index (χ3v) is 5.33. The number of rotatable bonds is 5. The molecule has 0 unspecified atom stereocenters. The number of methoxy groups -OCH3 is 1. The van der Waals surface area contributed by atoms with E-state index in [9.17, 15) is 8.42 Å². The number of hydrogen-bond donors (Lipinski definition) is 1. The summed E-state index contributed by atoms with van der Waals surface area (Å²) in [5.74, 6) is 1.36. The number of nitrogens with one attached hydrogen (secondary N) is 1. The van der Waals surface area contributed by atoms with Gasteiger partial charge in [-0.25, -0.2) is 18.1 Å². The Bertz CT molecular complexity index is 673. The predicted octanol–water partition coefficient (Wildman–Crippen LogP) is 1.84. The van der Waals surface area contributed by atoms with Crippen molar-refractivity contribution in [2.75, 3.05) is 7.11 Å². The van der Waals surface area contributed by atoms with Crippen LogP contribution in [0.2, 0.25) is 0 Å². The number of oxazole rings is 1. The molecule has 1 N–H and O–H groups in total. The lowest BCUT2D eigenvalue weighted by Crippen LogP contribution is -2.23. The van der Waals surface area contributed by atoms with E-state index in [1.54, 1.807) is 25.3 Å². The van der Waals surface area contributed by atoms with Gasteiger partial charge in [-0.1, -0.05) is 0 Å². The SMILES string of the molecule is COc1ccsc1S(=O)(=O)NCc1oc(C)nc1C. The van der Waals surface area contributed by atoms with Crippen LogP contribution >= 0.6 is 11.3 Å². The first-order valence-electron chi connectivity index (χ1n) is 5.48. The summed E-state index contributed by atoms with van der Waals surface area (Å²) in [5.41, 5.74) is 0.679. The van der Waals surface area contributed by atoms with Crippen LogP contribution in [0.3, 0.4) is 0 Å². The maximum atomic E-state index is 12.1. The van der Waals surface area contributed by atoms with E-state index in [2.05, 4.69) is 9.71 Å². The minimum atomic E-state index is -3.61. The Morgan fingerprint density at radius 1 is 1.47 bits per heavy atom. The van der Waals surface area contributed by atoms with Crippen LogP contribution in [0.4, 0.5) is 0 Å². The molecular formula is C11H14N2O4S2. The maximum absolute atomic E-state index is 12.1. The van der Waals surface area contributed by atoms with E-state index in [1.807, 2.05) is 0 Å². The van der Waals surface area contributed by atoms with Gasteiger partial charge in [0.05, 0.1) is 19.3 Å².